The van der Waals surface area contributed by atoms with Crippen LogP contribution in [0.2, 0.25) is 0 Å². The average Bonchev–Trinajstić information content (AvgIpc) is 3.79. The Hall–Kier alpha value is -3.42. The van der Waals surface area contributed by atoms with Gasteiger partial charge in [0.25, 0.3) is 11.8 Å². The van der Waals surface area contributed by atoms with Crippen LogP contribution in [-0.4, -0.2) is 91.5 Å². The summed E-state index contributed by atoms with van der Waals surface area (Å²) >= 11 is 3.53. The van der Waals surface area contributed by atoms with Crippen molar-refractivity contribution in [2.45, 2.75) is 23.2 Å². The zero-order valence-corrected chi connectivity index (χ0v) is 32.1. The van der Waals surface area contributed by atoms with E-state index in [-0.39, 0.29) is 115 Å². The van der Waals surface area contributed by atoms with Gasteiger partial charge in [0.1, 0.15) is 28.5 Å². The zero-order chi connectivity index (χ0) is 33.4. The maximum absolute atomic E-state index is 13.4. The van der Waals surface area contributed by atoms with Gasteiger partial charge in [0.15, 0.2) is 28.6 Å². The number of aryl methyl sites for hydroxylation is 1. The van der Waals surface area contributed by atoms with Crippen molar-refractivity contribution in [1.82, 2.24) is 45.3 Å². The van der Waals surface area contributed by atoms with E-state index in [1.807, 2.05) is 0 Å². The third-order valence-electron chi connectivity index (χ3n) is 6.64. The first-order valence-electron chi connectivity index (χ1n) is 13.1. The number of thiazole rings is 1. The van der Waals surface area contributed by atoms with E-state index in [1.54, 1.807) is 7.05 Å². The second-order valence-corrected chi connectivity index (χ2v) is 12.6. The molecule has 1 saturated heterocycles. The normalized spacial score (nSPS) is 17.0. The number of nitrogens with two attached hydrogens (primary N) is 1. The van der Waals surface area contributed by atoms with Crippen molar-refractivity contribution in [3.63, 3.8) is 0 Å². The van der Waals surface area contributed by atoms with Crippen LogP contribution < -0.4 is 80.7 Å². The van der Waals surface area contributed by atoms with Crippen molar-refractivity contribution in [2.75, 3.05) is 17.2 Å². The minimum absolute atomic E-state index is 0. The number of carboxylic acid groups (broad SMARTS) is 1. The molecule has 0 aliphatic carbocycles. The van der Waals surface area contributed by atoms with Gasteiger partial charge in [-0.1, -0.05) is 22.1 Å². The molecule has 0 radical (unpaired) electrons. The number of thioether (sulfide) groups is 2. The number of β-lactam (4-membered cyclic amide) rings is 1. The minimum atomic E-state index is -1.29. The summed E-state index contributed by atoms with van der Waals surface area (Å²) in [5, 5.41) is 56.0. The number of tetrazole rings is 1. The van der Waals surface area contributed by atoms with Crippen molar-refractivity contribution < 1.29 is 93.1 Å². The summed E-state index contributed by atoms with van der Waals surface area (Å²) in [6, 6.07) is 1.02. The van der Waals surface area contributed by atoms with E-state index in [9.17, 15) is 34.6 Å². The number of carboxylic acids is 1. The molecule has 244 valence electrons. The van der Waals surface area contributed by atoms with Crippen molar-refractivity contribution in [3.8, 4) is 17.1 Å². The molecule has 1 fully saturated rings. The first-order valence-corrected chi connectivity index (χ1v) is 16.0. The van der Waals surface area contributed by atoms with E-state index in [0.29, 0.717) is 16.9 Å². The summed E-state index contributed by atoms with van der Waals surface area (Å²) < 4.78 is 6.73. The number of anilines is 1. The summed E-state index contributed by atoms with van der Waals surface area (Å²) in [6.07, 6.45) is 0.575. The Bertz CT molecular complexity index is 2030. The molecule has 49 heavy (non-hydrogen) atoms. The smallest absolute Gasteiger partial charge is 0.869 e. The van der Waals surface area contributed by atoms with Crippen LogP contribution in [0, 0.1) is 5.21 Å². The van der Waals surface area contributed by atoms with Gasteiger partial charge in [-0.3, -0.25) is 19.3 Å². The number of nitrogen functional groups attached to an aromatic ring is 1. The first-order chi connectivity index (χ1) is 22.5. The van der Waals surface area contributed by atoms with Gasteiger partial charge in [-0.15, -0.1) is 28.2 Å². The molecule has 2 amide bonds. The number of nitrogens with zero attached hydrogens (tertiary/aromatic N) is 9. The zero-order valence-electron chi connectivity index (χ0n) is 25.6. The van der Waals surface area contributed by atoms with Gasteiger partial charge < -0.3 is 40.6 Å². The van der Waals surface area contributed by atoms with Crippen LogP contribution in [0.5, 0.6) is 5.75 Å². The maximum atomic E-state index is 13.4. The number of fused-ring (bicyclic) bond motifs is 1. The molecule has 0 spiro atoms. The van der Waals surface area contributed by atoms with E-state index in [4.69, 9.17) is 15.1 Å². The van der Waals surface area contributed by atoms with Gasteiger partial charge in [0.2, 0.25) is 5.16 Å². The molecule has 2 aliphatic heterocycles. The molecule has 2 atom stereocenters. The van der Waals surface area contributed by atoms with E-state index in [1.165, 1.54) is 39.7 Å². The Labute approximate surface area is 330 Å². The van der Waals surface area contributed by atoms with Crippen LogP contribution in [0.25, 0.3) is 11.4 Å². The van der Waals surface area contributed by atoms with Crippen LogP contribution in [-0.2, 0) is 32.9 Å². The van der Waals surface area contributed by atoms with Crippen molar-refractivity contribution in [1.29, 1.82) is 0 Å². The number of nitrogens with one attached hydrogen (secondary N) is 1. The Morgan fingerprint density at radius 1 is 1.31 bits per heavy atom. The number of aliphatic carboxylic acids is 1. The molecule has 20 nitrogen and oxygen atoms in total. The summed E-state index contributed by atoms with van der Waals surface area (Å²) in [7, 11) is 1.64. The van der Waals surface area contributed by atoms with Crippen molar-refractivity contribution in [3.05, 3.63) is 61.9 Å². The summed E-state index contributed by atoms with van der Waals surface area (Å²) in [5.41, 5.74) is 4.60. The number of pyridine rings is 1. The Kier molecular flexibility index (Phi) is 12.6. The third kappa shape index (κ3) is 7.99. The Morgan fingerprint density at radius 2 is 2.08 bits per heavy atom. The fourth-order valence-corrected chi connectivity index (χ4v) is 7.33. The van der Waals surface area contributed by atoms with E-state index >= 15 is 0 Å². The predicted molar refractivity (Wildman–Crippen MR) is 161 cm³/mol. The molecule has 25 heteroatoms. The Balaban J connectivity index is 0.00000270. The molecule has 0 aromatic carbocycles. The first kappa shape index (κ1) is 38.4. The molecule has 6 heterocycles. The fraction of sp³-hybridized carbons (Fsp3) is 0.250. The quantitative estimate of drug-likeness (QED) is 0.0422. The van der Waals surface area contributed by atoms with Gasteiger partial charge in [-0.25, -0.2) is 14.5 Å². The summed E-state index contributed by atoms with van der Waals surface area (Å²) in [5.74, 6) is -3.21. The van der Waals surface area contributed by atoms with Crippen LogP contribution in [0.3, 0.4) is 0 Å². The van der Waals surface area contributed by atoms with Crippen LogP contribution >= 0.6 is 34.9 Å². The molecule has 4 N–H and O–H groups in total. The second-order valence-electron chi connectivity index (χ2n) is 9.67. The van der Waals surface area contributed by atoms with Gasteiger partial charge in [0, 0.05) is 36.1 Å². The van der Waals surface area contributed by atoms with Gasteiger partial charge >= 0.3 is 65.1 Å². The second kappa shape index (κ2) is 16.1. The van der Waals surface area contributed by atoms with Gasteiger partial charge in [0.05, 0.1) is 5.69 Å². The molecular weight excluding hydrogens is 729 g/mol. The molecule has 0 saturated carbocycles. The number of carbonyl (C=O) groups excluding carboxylic acids is 2. The monoisotopic (exact) mass is 747 g/mol. The minimum Gasteiger partial charge on any atom is -0.869 e. The summed E-state index contributed by atoms with van der Waals surface area (Å²) in [4.78, 5) is 61.0. The molecule has 2 aliphatic rings. The number of carbonyl (C=O) groups is 3. The van der Waals surface area contributed by atoms with Crippen LogP contribution in [0.15, 0.2) is 54.6 Å². The average molecular weight is 748 g/mol. The number of oxime groups is 1. The topological polar surface area (TPSA) is 285 Å². The van der Waals surface area contributed by atoms with Gasteiger partial charge in [-0.2, -0.15) is 0 Å². The predicted octanol–water partition coefficient (Wildman–Crippen LogP) is -7.06. The van der Waals surface area contributed by atoms with E-state index in [2.05, 4.69) is 36.1 Å². The van der Waals surface area contributed by atoms with Crippen molar-refractivity contribution >= 4 is 63.5 Å². The Morgan fingerprint density at radius 3 is 2.76 bits per heavy atom. The molecule has 0 bridgehead atoms. The van der Waals surface area contributed by atoms with Gasteiger partial charge in [-0.05, 0) is 27.9 Å². The standard InChI is InChI=1S/C24H20N11O9S3.2Na/c1-33-24(28-31-32-33)47-7-9-6-45-21-17(20(39)35(21)18(9)22(40)41)27-19(38)16(12-8-46-23(25)26-12)30-43-5-10-2-11(29-44-10)13-3-14(36)15(37)4-34(13)42;;/h2-4,8,17,21,37H,5-7H2,1H3,(H2,25,26)(H,27,38)(H,40,41);;/q-1;2*+1/p-1/b30-16-;;/t17-,21-;;/m1../s1. The largest absolute Gasteiger partial charge is 1.00 e. The molecular formula is C24H19N11Na2O9S3. The number of hydrogen-bond donors (Lipinski definition) is 3. The number of hydrogen-bond acceptors (Lipinski definition) is 18. The molecule has 4 aromatic rings. The molecule has 4 aromatic heterocycles. The maximum Gasteiger partial charge on any atom is 1.00 e. The SMILES string of the molecule is Cn1nnnc1SCC1=C(C(=O)O)N2C(=O)[C@@H](NC(=O)/C(=N\OCc3cc(-c4cc(=O)c([O-])cn4[O-])no3)c3csc(N)n3)[C@H]2SC1.[Na+].[Na+]. The summed E-state index contributed by atoms with van der Waals surface area (Å²) in [6.45, 7) is -0.390. The number of amides is 2. The van der Waals surface area contributed by atoms with Crippen molar-refractivity contribution in [2.24, 2.45) is 12.2 Å². The van der Waals surface area contributed by atoms with Crippen LogP contribution in [0.1, 0.15) is 11.5 Å². The molecule has 6 rings (SSSR count). The van der Waals surface area contributed by atoms with E-state index in [0.717, 1.165) is 22.3 Å². The fourth-order valence-electron chi connectivity index (χ4n) is 4.45. The third-order valence-corrected chi connectivity index (χ3v) is 9.75. The van der Waals surface area contributed by atoms with E-state index < -0.39 is 47.0 Å². The number of aromatic nitrogens is 7. The number of rotatable bonds is 11. The molecule has 0 unspecified atom stereocenters. The van der Waals surface area contributed by atoms with Crippen LogP contribution in [0.4, 0.5) is 5.13 Å².